The molecule has 1 aliphatic heterocycles. The molecule has 10 nitrogen and oxygen atoms in total. The van der Waals surface area contributed by atoms with Gasteiger partial charge in [-0.25, -0.2) is 0 Å². The van der Waals surface area contributed by atoms with Crippen LogP contribution in [0.4, 0.5) is 0 Å². The van der Waals surface area contributed by atoms with Crippen LogP contribution in [0.3, 0.4) is 0 Å². The second-order valence-corrected chi connectivity index (χ2v) is 19.0. The first kappa shape index (κ1) is 61.2. The highest BCUT2D eigenvalue weighted by molar-refractivity contribution is 5.70. The maximum absolute atomic E-state index is 12.8. The Morgan fingerprint density at radius 1 is 0.462 bits per heavy atom. The fraction of sp³-hybridized carbons (Fsp3) is 0.891. The van der Waals surface area contributed by atoms with E-state index in [1.165, 1.54) is 180 Å². The highest BCUT2D eigenvalue weighted by atomic mass is 16.7. The molecule has 0 aromatic carbocycles. The number of carbonyl (C=O) groups is 2. The van der Waals surface area contributed by atoms with Crippen molar-refractivity contribution in [2.75, 3.05) is 19.8 Å². The monoisotopic (exact) mass is 923 g/mol. The summed E-state index contributed by atoms with van der Waals surface area (Å²) in [4.78, 5) is 25.5. The van der Waals surface area contributed by atoms with E-state index in [0.717, 1.165) is 44.9 Å². The van der Waals surface area contributed by atoms with Gasteiger partial charge in [0.1, 0.15) is 31.0 Å². The summed E-state index contributed by atoms with van der Waals surface area (Å²) in [6.07, 6.45) is 46.3. The van der Waals surface area contributed by atoms with Crippen LogP contribution in [0.15, 0.2) is 24.3 Å². The summed E-state index contributed by atoms with van der Waals surface area (Å²) in [5, 5.41) is 40.2. The van der Waals surface area contributed by atoms with Crippen molar-refractivity contribution in [3.8, 4) is 0 Å². The van der Waals surface area contributed by atoms with E-state index in [9.17, 15) is 30.0 Å². The predicted octanol–water partition coefficient (Wildman–Crippen LogP) is 13.2. The van der Waals surface area contributed by atoms with Crippen molar-refractivity contribution in [2.24, 2.45) is 0 Å². The van der Waals surface area contributed by atoms with Crippen LogP contribution in [0.1, 0.15) is 258 Å². The van der Waals surface area contributed by atoms with E-state index in [2.05, 4.69) is 38.2 Å². The molecule has 10 heteroatoms. The lowest BCUT2D eigenvalue weighted by Gasteiger charge is -2.39. The lowest BCUT2D eigenvalue weighted by atomic mass is 9.99. The van der Waals surface area contributed by atoms with E-state index in [-0.39, 0.29) is 32.0 Å². The fourth-order valence-electron chi connectivity index (χ4n) is 8.48. The number of allylic oxidation sites excluding steroid dienone is 4. The number of hydrogen-bond donors (Lipinski definition) is 4. The molecular formula is C55H102O10. The molecule has 0 aliphatic carbocycles. The smallest absolute Gasteiger partial charge is 0.306 e. The van der Waals surface area contributed by atoms with Gasteiger partial charge in [-0.1, -0.05) is 212 Å². The predicted molar refractivity (Wildman–Crippen MR) is 266 cm³/mol. The number of hydrogen-bond acceptors (Lipinski definition) is 10. The third-order valence-electron chi connectivity index (χ3n) is 12.8. The van der Waals surface area contributed by atoms with Gasteiger partial charge >= 0.3 is 11.9 Å². The maximum Gasteiger partial charge on any atom is 0.306 e. The van der Waals surface area contributed by atoms with E-state index in [1.54, 1.807) is 0 Å². The van der Waals surface area contributed by atoms with Crippen LogP contribution in [0.25, 0.3) is 0 Å². The van der Waals surface area contributed by atoms with Crippen LogP contribution < -0.4 is 0 Å². The first-order valence-electron chi connectivity index (χ1n) is 27.4. The average molecular weight is 923 g/mol. The van der Waals surface area contributed by atoms with Gasteiger partial charge in [-0.2, -0.15) is 0 Å². The molecule has 1 saturated heterocycles. The van der Waals surface area contributed by atoms with Crippen molar-refractivity contribution < 1.29 is 49.0 Å². The fourth-order valence-corrected chi connectivity index (χ4v) is 8.48. The Morgan fingerprint density at radius 3 is 1.25 bits per heavy atom. The quantitative estimate of drug-likeness (QED) is 0.0264. The summed E-state index contributed by atoms with van der Waals surface area (Å²) in [6.45, 7) is 3.43. The van der Waals surface area contributed by atoms with Crippen molar-refractivity contribution in [2.45, 2.75) is 295 Å². The van der Waals surface area contributed by atoms with Crippen LogP contribution >= 0.6 is 0 Å². The van der Waals surface area contributed by atoms with E-state index >= 15 is 0 Å². The Morgan fingerprint density at radius 2 is 0.831 bits per heavy atom. The summed E-state index contributed by atoms with van der Waals surface area (Å²) in [6, 6.07) is 0. The van der Waals surface area contributed by atoms with E-state index in [4.69, 9.17) is 18.9 Å². The van der Waals surface area contributed by atoms with Crippen molar-refractivity contribution in [3.05, 3.63) is 24.3 Å². The first-order valence-corrected chi connectivity index (χ1v) is 27.4. The Balaban J connectivity index is 2.23. The third kappa shape index (κ3) is 36.8. The molecular weight excluding hydrogens is 821 g/mol. The molecule has 1 heterocycles. The lowest BCUT2D eigenvalue weighted by molar-refractivity contribution is -0.305. The summed E-state index contributed by atoms with van der Waals surface area (Å²) in [5.41, 5.74) is 0. The van der Waals surface area contributed by atoms with Gasteiger partial charge in [0.15, 0.2) is 12.4 Å². The Bertz CT molecular complexity index is 1110. The van der Waals surface area contributed by atoms with Crippen LogP contribution in [-0.4, -0.2) is 89.0 Å². The molecule has 65 heavy (non-hydrogen) atoms. The average Bonchev–Trinajstić information content (AvgIpc) is 3.30. The molecule has 1 rings (SSSR count). The molecule has 2 unspecified atom stereocenters. The van der Waals surface area contributed by atoms with Gasteiger partial charge in [0.05, 0.1) is 13.2 Å². The van der Waals surface area contributed by atoms with Crippen molar-refractivity contribution in [1.82, 2.24) is 0 Å². The standard InChI is InChI=1S/C55H102O10/c1-3-5-7-9-11-13-15-17-19-21-22-23-24-25-26-28-30-32-34-36-38-40-42-44-51(58)64-48(47-63-55-54(61)53(60)52(59)49(45-56)65-55)46-62-50(57)43-41-39-37-35-33-31-29-27-20-18-16-14-12-10-8-6-4-2/h18,20,36,38,48-49,52-56,59-61H,3-17,19,21-35,37,39-47H2,1-2H3/b20-18+,38-36+/t48-,49-,52+,53?,54?,55-/m1/s1. The summed E-state index contributed by atoms with van der Waals surface area (Å²) in [5.74, 6) is -0.837. The molecule has 382 valence electrons. The van der Waals surface area contributed by atoms with Gasteiger partial charge in [0.2, 0.25) is 0 Å². The molecule has 4 N–H and O–H groups in total. The van der Waals surface area contributed by atoms with Crippen LogP contribution in [0, 0.1) is 0 Å². The van der Waals surface area contributed by atoms with Crippen molar-refractivity contribution >= 4 is 11.9 Å². The Kier molecular flexibility index (Phi) is 43.2. The highest BCUT2D eigenvalue weighted by Crippen LogP contribution is 2.23. The van der Waals surface area contributed by atoms with Gasteiger partial charge in [-0.15, -0.1) is 0 Å². The maximum atomic E-state index is 12.8. The summed E-state index contributed by atoms with van der Waals surface area (Å²) >= 11 is 0. The van der Waals surface area contributed by atoms with Gasteiger partial charge in [0.25, 0.3) is 0 Å². The minimum absolute atomic E-state index is 0.185. The second-order valence-electron chi connectivity index (χ2n) is 19.0. The van der Waals surface area contributed by atoms with Crippen molar-refractivity contribution in [3.63, 3.8) is 0 Å². The molecule has 0 amide bonds. The molecule has 6 atom stereocenters. The number of esters is 2. The number of unbranched alkanes of at least 4 members (excludes halogenated alkanes) is 32. The van der Waals surface area contributed by atoms with Gasteiger partial charge in [0, 0.05) is 12.8 Å². The van der Waals surface area contributed by atoms with E-state index in [0.29, 0.717) is 6.42 Å². The lowest BCUT2D eigenvalue weighted by Crippen LogP contribution is -2.59. The van der Waals surface area contributed by atoms with Crippen LogP contribution in [0.2, 0.25) is 0 Å². The number of ether oxygens (including phenoxy) is 4. The largest absolute Gasteiger partial charge is 0.462 e. The first-order chi connectivity index (χ1) is 31.8. The minimum Gasteiger partial charge on any atom is -0.462 e. The van der Waals surface area contributed by atoms with Gasteiger partial charge in [-0.3, -0.25) is 9.59 Å². The molecule has 0 aromatic rings. The zero-order chi connectivity index (χ0) is 47.3. The Hall–Kier alpha value is -1.82. The minimum atomic E-state index is -1.60. The van der Waals surface area contributed by atoms with Crippen LogP contribution in [-0.2, 0) is 28.5 Å². The third-order valence-corrected chi connectivity index (χ3v) is 12.8. The molecule has 0 aromatic heterocycles. The van der Waals surface area contributed by atoms with E-state index < -0.39 is 49.4 Å². The van der Waals surface area contributed by atoms with Crippen LogP contribution in [0.5, 0.6) is 0 Å². The van der Waals surface area contributed by atoms with Gasteiger partial charge < -0.3 is 39.4 Å². The normalized spacial score (nSPS) is 19.4. The number of rotatable bonds is 47. The molecule has 1 aliphatic rings. The molecule has 1 fully saturated rings. The number of aliphatic hydroxyl groups is 4. The summed E-state index contributed by atoms with van der Waals surface area (Å²) in [7, 11) is 0. The number of carbonyl (C=O) groups excluding carboxylic acids is 2. The second kappa shape index (κ2) is 45.9. The van der Waals surface area contributed by atoms with E-state index in [1.807, 2.05) is 0 Å². The Labute approximate surface area is 398 Å². The van der Waals surface area contributed by atoms with Gasteiger partial charge in [-0.05, 0) is 57.8 Å². The van der Waals surface area contributed by atoms with Crippen molar-refractivity contribution in [1.29, 1.82) is 0 Å². The SMILES string of the molecule is CCCCCCCC/C=C/CCCCCCCCCC(=O)OC[C@H](CO[C@@H]1O[C@H](CO)[C@H](O)C(O)C1O)OC(=O)CCC/C=C/CCCCCCCCCCCCCCCCCCCC. The summed E-state index contributed by atoms with van der Waals surface area (Å²) < 4.78 is 22.2. The number of aliphatic hydroxyl groups excluding tert-OH is 4. The highest BCUT2D eigenvalue weighted by Gasteiger charge is 2.44. The molecule has 0 bridgehead atoms. The molecule has 0 radical (unpaired) electrons. The topological polar surface area (TPSA) is 152 Å². The molecule has 0 spiro atoms. The molecule has 0 saturated carbocycles. The zero-order valence-corrected chi connectivity index (χ0v) is 42.0. The zero-order valence-electron chi connectivity index (χ0n) is 42.0.